The normalized spacial score (nSPS) is 16.2. The van der Waals surface area contributed by atoms with Gasteiger partial charge in [0.15, 0.2) is 5.76 Å². The molecule has 0 bridgehead atoms. The number of hydrogen-bond acceptors (Lipinski definition) is 4. The fourth-order valence-corrected chi connectivity index (χ4v) is 2.06. The molecule has 3 N–H and O–H groups in total. The minimum atomic E-state index is -0.363. The van der Waals surface area contributed by atoms with Gasteiger partial charge in [-0.1, -0.05) is 6.42 Å². The van der Waals surface area contributed by atoms with Gasteiger partial charge in [-0.3, -0.25) is 4.79 Å². The molecule has 0 atom stereocenters. The molecule has 0 aliphatic carbocycles. The van der Waals surface area contributed by atoms with Gasteiger partial charge in [0.05, 0.1) is 6.26 Å². The van der Waals surface area contributed by atoms with Crippen molar-refractivity contribution >= 4 is 23.2 Å². The number of hydrazine groups is 2. The van der Waals surface area contributed by atoms with Crippen LogP contribution in [0.5, 0.6) is 0 Å². The third kappa shape index (κ3) is 2.99. The molecular formula is C11H16N4O2S. The minimum Gasteiger partial charge on any atom is -0.459 e. The fraction of sp³-hybridized carbons (Fsp3) is 0.455. The van der Waals surface area contributed by atoms with Crippen molar-refractivity contribution in [1.82, 2.24) is 15.6 Å². The summed E-state index contributed by atoms with van der Waals surface area (Å²) in [4.78, 5) is 11.9. The highest BCUT2D eigenvalue weighted by molar-refractivity contribution is 7.80. The van der Waals surface area contributed by atoms with Crippen LogP contribution in [0.2, 0.25) is 0 Å². The quantitative estimate of drug-likeness (QED) is 0.612. The predicted molar refractivity (Wildman–Crippen MR) is 70.2 cm³/mol. The van der Waals surface area contributed by atoms with Crippen molar-refractivity contribution in [3.63, 3.8) is 0 Å². The maximum atomic E-state index is 11.9. The lowest BCUT2D eigenvalue weighted by atomic mass is 10.2. The first-order chi connectivity index (χ1) is 8.68. The fourth-order valence-electron chi connectivity index (χ4n) is 1.90. The van der Waals surface area contributed by atoms with Crippen LogP contribution < -0.4 is 11.2 Å². The van der Waals surface area contributed by atoms with Crippen molar-refractivity contribution in [2.45, 2.75) is 19.3 Å². The lowest BCUT2D eigenvalue weighted by molar-refractivity contribution is -0.0112. The van der Waals surface area contributed by atoms with Gasteiger partial charge in [-0.05, 0) is 37.2 Å². The second-order valence-electron chi connectivity index (χ2n) is 4.08. The summed E-state index contributed by atoms with van der Waals surface area (Å²) in [6, 6.07) is 3.24. The van der Waals surface area contributed by atoms with Crippen molar-refractivity contribution in [2.75, 3.05) is 13.1 Å². The molecule has 1 aromatic heterocycles. The number of rotatable bonds is 2. The molecule has 2 rings (SSSR count). The molecule has 1 fully saturated rings. The summed E-state index contributed by atoms with van der Waals surface area (Å²) in [7, 11) is 0. The Morgan fingerprint density at radius 3 is 2.72 bits per heavy atom. The van der Waals surface area contributed by atoms with E-state index in [1.165, 1.54) is 17.8 Å². The first-order valence-corrected chi connectivity index (χ1v) is 6.28. The zero-order valence-electron chi connectivity index (χ0n) is 9.96. The molecule has 0 spiro atoms. The van der Waals surface area contributed by atoms with E-state index >= 15 is 0 Å². The summed E-state index contributed by atoms with van der Waals surface area (Å²) in [5.41, 5.74) is 8.29. The van der Waals surface area contributed by atoms with Gasteiger partial charge in [-0.25, -0.2) is 5.43 Å². The molecule has 6 nitrogen and oxygen atoms in total. The smallest absolute Gasteiger partial charge is 0.306 e. The van der Waals surface area contributed by atoms with Crippen LogP contribution in [-0.4, -0.2) is 34.2 Å². The molecule has 18 heavy (non-hydrogen) atoms. The van der Waals surface area contributed by atoms with Gasteiger partial charge in [0, 0.05) is 13.1 Å². The van der Waals surface area contributed by atoms with E-state index in [-0.39, 0.29) is 16.8 Å². The number of furan rings is 1. The van der Waals surface area contributed by atoms with Crippen molar-refractivity contribution < 1.29 is 9.21 Å². The van der Waals surface area contributed by atoms with Crippen molar-refractivity contribution in [3.05, 3.63) is 24.2 Å². The van der Waals surface area contributed by atoms with Crippen LogP contribution in [-0.2, 0) is 0 Å². The molecule has 1 saturated heterocycles. The molecule has 98 valence electrons. The minimum absolute atomic E-state index is 0.122. The number of piperidine rings is 1. The Balaban J connectivity index is 2.02. The van der Waals surface area contributed by atoms with E-state index in [0.29, 0.717) is 0 Å². The first kappa shape index (κ1) is 12.8. The number of nitrogens with two attached hydrogens (primary N) is 1. The Hall–Kier alpha value is -1.60. The second kappa shape index (κ2) is 5.83. The van der Waals surface area contributed by atoms with Gasteiger partial charge in [-0.15, -0.1) is 0 Å². The summed E-state index contributed by atoms with van der Waals surface area (Å²) in [5, 5.41) is 3.49. The summed E-state index contributed by atoms with van der Waals surface area (Å²) in [6.07, 6.45) is 4.76. The molecule has 0 unspecified atom stereocenters. The highest BCUT2D eigenvalue weighted by Gasteiger charge is 2.22. The highest BCUT2D eigenvalue weighted by atomic mass is 32.1. The molecule has 2 heterocycles. The topological polar surface area (TPSA) is 74.7 Å². The van der Waals surface area contributed by atoms with E-state index in [9.17, 15) is 4.79 Å². The number of amides is 1. The zero-order valence-corrected chi connectivity index (χ0v) is 10.8. The number of nitrogens with one attached hydrogen (secondary N) is 1. The van der Waals surface area contributed by atoms with Crippen molar-refractivity contribution in [2.24, 2.45) is 5.73 Å². The third-order valence-electron chi connectivity index (χ3n) is 2.78. The van der Waals surface area contributed by atoms with E-state index in [2.05, 4.69) is 5.43 Å². The van der Waals surface area contributed by atoms with Gasteiger partial charge < -0.3 is 10.2 Å². The number of nitrogens with zero attached hydrogens (tertiary/aromatic N) is 2. The summed E-state index contributed by atoms with van der Waals surface area (Å²) in [6.45, 7) is 1.66. The van der Waals surface area contributed by atoms with Crippen LogP contribution in [0, 0.1) is 0 Å². The van der Waals surface area contributed by atoms with E-state index in [1.807, 2.05) is 5.01 Å². The lowest BCUT2D eigenvalue weighted by Gasteiger charge is -2.36. The Morgan fingerprint density at radius 2 is 2.17 bits per heavy atom. The van der Waals surface area contributed by atoms with Gasteiger partial charge in [0.1, 0.15) is 0 Å². The zero-order chi connectivity index (χ0) is 13.0. The molecule has 1 aliphatic rings. The number of hydrogen-bond donors (Lipinski definition) is 2. The van der Waals surface area contributed by atoms with E-state index in [0.717, 1.165) is 25.9 Å². The standard InChI is InChI=1S/C11H16N4O2S/c12-11(18)15(14-6-2-1-3-7-14)13-10(16)9-5-4-8-17-9/h4-5,8H,1-3,6-7H2,(H2,12,18)(H,13,16). The van der Waals surface area contributed by atoms with Crippen molar-refractivity contribution in [3.8, 4) is 0 Å². The van der Waals surface area contributed by atoms with Gasteiger partial charge >= 0.3 is 5.91 Å². The maximum Gasteiger partial charge on any atom is 0.306 e. The molecule has 7 heteroatoms. The SMILES string of the molecule is NC(=S)N(NC(=O)c1ccco1)N1CCCCC1. The van der Waals surface area contributed by atoms with Crippen LogP contribution >= 0.6 is 12.2 Å². The summed E-state index contributed by atoms with van der Waals surface area (Å²) in [5.74, 6) is -0.133. The van der Waals surface area contributed by atoms with E-state index in [4.69, 9.17) is 22.4 Å². The molecule has 1 amide bonds. The van der Waals surface area contributed by atoms with Gasteiger partial charge in [0.2, 0.25) is 5.11 Å². The van der Waals surface area contributed by atoms with Gasteiger partial charge in [-0.2, -0.15) is 10.1 Å². The number of carbonyl (C=O) groups excluding carboxylic acids is 1. The van der Waals surface area contributed by atoms with Crippen molar-refractivity contribution in [1.29, 1.82) is 0 Å². The first-order valence-electron chi connectivity index (χ1n) is 5.87. The maximum absolute atomic E-state index is 11.9. The summed E-state index contributed by atoms with van der Waals surface area (Å²) < 4.78 is 5.02. The molecule has 1 aromatic rings. The van der Waals surface area contributed by atoms with Crippen LogP contribution in [0.4, 0.5) is 0 Å². The lowest BCUT2D eigenvalue weighted by Crippen LogP contribution is -2.59. The number of thiocarbonyl (C=S) groups is 1. The molecule has 0 aromatic carbocycles. The third-order valence-corrected chi connectivity index (χ3v) is 2.95. The summed E-state index contributed by atoms with van der Waals surface area (Å²) >= 11 is 4.96. The molecular weight excluding hydrogens is 252 g/mol. The van der Waals surface area contributed by atoms with Crippen LogP contribution in [0.1, 0.15) is 29.8 Å². The Labute approximate surface area is 111 Å². The largest absolute Gasteiger partial charge is 0.459 e. The second-order valence-corrected chi connectivity index (χ2v) is 4.50. The number of carbonyl (C=O) groups is 1. The van der Waals surface area contributed by atoms with Crippen LogP contribution in [0.15, 0.2) is 22.8 Å². The monoisotopic (exact) mass is 268 g/mol. The Morgan fingerprint density at radius 1 is 1.44 bits per heavy atom. The van der Waals surface area contributed by atoms with Crippen LogP contribution in [0.3, 0.4) is 0 Å². The molecule has 1 aliphatic heterocycles. The average molecular weight is 268 g/mol. The average Bonchev–Trinajstić information content (AvgIpc) is 2.90. The Bertz CT molecular complexity index is 415. The highest BCUT2D eigenvalue weighted by Crippen LogP contribution is 2.10. The molecule has 0 saturated carbocycles. The van der Waals surface area contributed by atoms with Gasteiger partial charge in [0.25, 0.3) is 0 Å². The predicted octanol–water partition coefficient (Wildman–Crippen LogP) is 0.871. The van der Waals surface area contributed by atoms with E-state index in [1.54, 1.807) is 12.1 Å². The molecule has 0 radical (unpaired) electrons. The van der Waals surface area contributed by atoms with E-state index < -0.39 is 0 Å². The Kier molecular flexibility index (Phi) is 4.16. The van der Waals surface area contributed by atoms with Crippen LogP contribution in [0.25, 0.3) is 0 Å².